The Morgan fingerprint density at radius 3 is 2.36 bits per heavy atom. The molecule has 2 rings (SSSR count). The molecule has 1 aromatic carbocycles. The zero-order chi connectivity index (χ0) is 18.7. The number of aromatic nitrogens is 2. The molecule has 1 heterocycles. The summed E-state index contributed by atoms with van der Waals surface area (Å²) in [7, 11) is 0. The SMILES string of the molecule is Cc1ccc(NC(=O)CCC(=O)n2nc(C)c(C(C)C)c2C)c(C)c1. The molecule has 5 heteroatoms. The number of hydrogen-bond donors (Lipinski definition) is 1. The Hall–Kier alpha value is -2.43. The number of rotatable bonds is 5. The van der Waals surface area contributed by atoms with Crippen molar-refractivity contribution in [2.24, 2.45) is 0 Å². The van der Waals surface area contributed by atoms with Crippen LogP contribution in [-0.4, -0.2) is 21.6 Å². The first-order valence-electron chi connectivity index (χ1n) is 8.67. The molecule has 1 aromatic heterocycles. The third-order valence-corrected chi connectivity index (χ3v) is 4.38. The molecule has 0 atom stereocenters. The summed E-state index contributed by atoms with van der Waals surface area (Å²) in [5, 5.41) is 7.23. The van der Waals surface area contributed by atoms with Crippen molar-refractivity contribution in [3.05, 3.63) is 46.3 Å². The summed E-state index contributed by atoms with van der Waals surface area (Å²) in [6.07, 6.45) is 0.276. The Balaban J connectivity index is 2.00. The van der Waals surface area contributed by atoms with E-state index in [0.29, 0.717) is 5.92 Å². The number of anilines is 1. The normalized spacial score (nSPS) is 11.0. The van der Waals surface area contributed by atoms with Gasteiger partial charge < -0.3 is 5.32 Å². The minimum Gasteiger partial charge on any atom is -0.326 e. The predicted molar refractivity (Wildman–Crippen MR) is 100 cm³/mol. The van der Waals surface area contributed by atoms with Crippen LogP contribution in [0.1, 0.15) is 65.5 Å². The van der Waals surface area contributed by atoms with Crippen molar-refractivity contribution in [2.75, 3.05) is 5.32 Å². The number of carbonyl (C=O) groups excluding carboxylic acids is 2. The molecular weight excluding hydrogens is 314 g/mol. The highest BCUT2D eigenvalue weighted by atomic mass is 16.2. The van der Waals surface area contributed by atoms with E-state index in [-0.39, 0.29) is 24.7 Å². The van der Waals surface area contributed by atoms with Gasteiger partial charge in [-0.3, -0.25) is 9.59 Å². The predicted octanol–water partition coefficient (Wildman–Crippen LogP) is 4.30. The van der Waals surface area contributed by atoms with Gasteiger partial charge in [-0.2, -0.15) is 5.10 Å². The average Bonchev–Trinajstić information content (AvgIpc) is 2.82. The number of benzene rings is 1. The lowest BCUT2D eigenvalue weighted by Crippen LogP contribution is -2.19. The van der Waals surface area contributed by atoms with E-state index in [1.807, 2.05) is 45.9 Å². The van der Waals surface area contributed by atoms with Gasteiger partial charge in [0, 0.05) is 24.2 Å². The second kappa shape index (κ2) is 7.64. The standard InChI is InChI=1S/C20H27N3O2/c1-12(2)20-15(5)22-23(16(20)6)19(25)10-9-18(24)21-17-8-7-13(3)11-14(17)4/h7-8,11-12H,9-10H2,1-6H3,(H,21,24). The summed E-state index contributed by atoms with van der Waals surface area (Å²) in [6, 6.07) is 5.86. The average molecular weight is 341 g/mol. The van der Waals surface area contributed by atoms with Crippen molar-refractivity contribution in [1.29, 1.82) is 0 Å². The van der Waals surface area contributed by atoms with Crippen LogP contribution >= 0.6 is 0 Å². The van der Waals surface area contributed by atoms with Gasteiger partial charge in [-0.1, -0.05) is 31.5 Å². The van der Waals surface area contributed by atoms with E-state index >= 15 is 0 Å². The molecule has 0 spiro atoms. The minimum absolute atomic E-state index is 0.135. The van der Waals surface area contributed by atoms with Gasteiger partial charge in [0.05, 0.1) is 5.69 Å². The molecule has 2 aromatic rings. The van der Waals surface area contributed by atoms with E-state index in [1.54, 1.807) is 0 Å². The zero-order valence-electron chi connectivity index (χ0n) is 15.9. The van der Waals surface area contributed by atoms with Crippen LogP contribution in [0.15, 0.2) is 18.2 Å². The first-order valence-corrected chi connectivity index (χ1v) is 8.67. The number of carbonyl (C=O) groups is 2. The molecule has 0 radical (unpaired) electrons. The van der Waals surface area contributed by atoms with Crippen molar-refractivity contribution >= 4 is 17.5 Å². The Labute approximate surface area is 149 Å². The molecule has 0 fully saturated rings. The van der Waals surface area contributed by atoms with Gasteiger partial charge >= 0.3 is 0 Å². The molecule has 134 valence electrons. The lowest BCUT2D eigenvalue weighted by atomic mass is 10.0. The van der Waals surface area contributed by atoms with E-state index in [2.05, 4.69) is 24.3 Å². The van der Waals surface area contributed by atoms with Crippen LogP contribution in [-0.2, 0) is 4.79 Å². The summed E-state index contributed by atoms with van der Waals surface area (Å²) >= 11 is 0. The second-order valence-corrected chi connectivity index (χ2v) is 6.91. The van der Waals surface area contributed by atoms with E-state index in [9.17, 15) is 9.59 Å². The van der Waals surface area contributed by atoms with Gasteiger partial charge in [0.1, 0.15) is 0 Å². The Morgan fingerprint density at radius 1 is 1.12 bits per heavy atom. The number of nitrogens with zero attached hydrogens (tertiary/aromatic N) is 2. The monoisotopic (exact) mass is 341 g/mol. The van der Waals surface area contributed by atoms with Gasteiger partial charge in [0.15, 0.2) is 0 Å². The van der Waals surface area contributed by atoms with Crippen LogP contribution in [0.4, 0.5) is 5.69 Å². The fraction of sp³-hybridized carbons (Fsp3) is 0.450. The fourth-order valence-electron chi connectivity index (χ4n) is 3.23. The fourth-order valence-corrected chi connectivity index (χ4v) is 3.23. The maximum atomic E-state index is 12.4. The lowest BCUT2D eigenvalue weighted by Gasteiger charge is -2.09. The molecule has 0 saturated carbocycles. The third-order valence-electron chi connectivity index (χ3n) is 4.38. The highest BCUT2D eigenvalue weighted by Gasteiger charge is 2.19. The maximum Gasteiger partial charge on any atom is 0.247 e. The van der Waals surface area contributed by atoms with Gasteiger partial charge in [0.2, 0.25) is 11.8 Å². The van der Waals surface area contributed by atoms with Crippen LogP contribution in [0, 0.1) is 27.7 Å². The number of nitrogens with one attached hydrogen (secondary N) is 1. The molecule has 25 heavy (non-hydrogen) atoms. The van der Waals surface area contributed by atoms with E-state index in [1.165, 1.54) is 4.68 Å². The first kappa shape index (κ1) is 18.9. The minimum atomic E-state index is -0.161. The number of hydrogen-bond acceptors (Lipinski definition) is 3. The quantitative estimate of drug-likeness (QED) is 0.882. The van der Waals surface area contributed by atoms with Gasteiger partial charge in [0.25, 0.3) is 0 Å². The number of aryl methyl sites for hydroxylation is 3. The number of amides is 1. The molecule has 1 N–H and O–H groups in total. The molecule has 0 saturated heterocycles. The summed E-state index contributed by atoms with van der Waals surface area (Å²) in [6.45, 7) is 12.0. The van der Waals surface area contributed by atoms with E-state index < -0.39 is 0 Å². The summed E-state index contributed by atoms with van der Waals surface area (Å²) < 4.78 is 1.44. The lowest BCUT2D eigenvalue weighted by molar-refractivity contribution is -0.116. The summed E-state index contributed by atoms with van der Waals surface area (Å²) in [5.41, 5.74) is 5.80. The molecule has 1 amide bonds. The Bertz CT molecular complexity index is 804. The molecule has 0 aliphatic carbocycles. The van der Waals surface area contributed by atoms with Gasteiger partial charge in [-0.25, -0.2) is 4.68 Å². The van der Waals surface area contributed by atoms with Crippen molar-refractivity contribution in [1.82, 2.24) is 9.78 Å². The molecular formula is C20H27N3O2. The highest BCUT2D eigenvalue weighted by molar-refractivity contribution is 5.94. The molecule has 0 unspecified atom stereocenters. The second-order valence-electron chi connectivity index (χ2n) is 6.91. The van der Waals surface area contributed by atoms with Crippen LogP contribution in [0.25, 0.3) is 0 Å². The van der Waals surface area contributed by atoms with E-state index in [4.69, 9.17) is 0 Å². The van der Waals surface area contributed by atoms with Gasteiger partial charge in [-0.05, 0) is 50.8 Å². The Morgan fingerprint density at radius 2 is 1.80 bits per heavy atom. The molecule has 0 bridgehead atoms. The third kappa shape index (κ3) is 4.35. The highest BCUT2D eigenvalue weighted by Crippen LogP contribution is 2.23. The van der Waals surface area contributed by atoms with Crippen LogP contribution in [0.2, 0.25) is 0 Å². The topological polar surface area (TPSA) is 64.0 Å². The molecule has 0 aliphatic heterocycles. The first-order chi connectivity index (χ1) is 11.7. The Kier molecular flexibility index (Phi) is 5.77. The van der Waals surface area contributed by atoms with Crippen LogP contribution in [0.3, 0.4) is 0 Å². The molecule has 0 aliphatic rings. The van der Waals surface area contributed by atoms with Crippen molar-refractivity contribution < 1.29 is 9.59 Å². The van der Waals surface area contributed by atoms with Crippen molar-refractivity contribution in [3.8, 4) is 0 Å². The van der Waals surface area contributed by atoms with Crippen molar-refractivity contribution in [2.45, 2.75) is 60.3 Å². The summed E-state index contributed by atoms with van der Waals surface area (Å²) in [5.74, 6) is 0.00329. The van der Waals surface area contributed by atoms with Crippen molar-refractivity contribution in [3.63, 3.8) is 0 Å². The zero-order valence-corrected chi connectivity index (χ0v) is 15.9. The van der Waals surface area contributed by atoms with Gasteiger partial charge in [-0.15, -0.1) is 0 Å². The van der Waals surface area contributed by atoms with Crippen LogP contribution in [0.5, 0.6) is 0 Å². The largest absolute Gasteiger partial charge is 0.326 e. The van der Waals surface area contributed by atoms with Crippen LogP contribution < -0.4 is 5.32 Å². The smallest absolute Gasteiger partial charge is 0.247 e. The maximum absolute atomic E-state index is 12.4. The van der Waals surface area contributed by atoms with E-state index in [0.717, 1.165) is 33.8 Å². The molecule has 5 nitrogen and oxygen atoms in total. The summed E-state index contributed by atoms with van der Waals surface area (Å²) in [4.78, 5) is 24.6.